The standard InChI is InChI=1S/C15H17FN2O3/c16-13-7-3-5-10(17-13)14(19)18-11-6-2-1-4-9(11)8-12(18)15(20)21/h3,5,7,9,11-12H,1-2,4,6,8H2,(H,20,21). The van der Waals surface area contributed by atoms with Crippen LogP contribution in [0, 0.1) is 11.9 Å². The summed E-state index contributed by atoms with van der Waals surface area (Å²) >= 11 is 0. The highest BCUT2D eigenvalue weighted by molar-refractivity contribution is 5.95. The van der Waals surface area contributed by atoms with E-state index in [1.54, 1.807) is 0 Å². The number of amides is 1. The number of hydrogen-bond donors (Lipinski definition) is 1. The van der Waals surface area contributed by atoms with Gasteiger partial charge in [0, 0.05) is 6.04 Å². The molecule has 1 aliphatic heterocycles. The number of carboxylic acid groups (broad SMARTS) is 1. The third-order valence-electron chi connectivity index (χ3n) is 4.54. The Morgan fingerprint density at radius 3 is 2.76 bits per heavy atom. The van der Waals surface area contributed by atoms with Crippen LogP contribution >= 0.6 is 0 Å². The van der Waals surface area contributed by atoms with Crippen LogP contribution in [-0.2, 0) is 4.79 Å². The van der Waals surface area contributed by atoms with Gasteiger partial charge in [0.15, 0.2) is 0 Å². The van der Waals surface area contributed by atoms with E-state index < -0.39 is 23.9 Å². The van der Waals surface area contributed by atoms with Crippen molar-refractivity contribution in [2.75, 3.05) is 0 Å². The number of halogens is 1. The average molecular weight is 292 g/mol. The van der Waals surface area contributed by atoms with Crippen molar-refractivity contribution in [2.24, 2.45) is 5.92 Å². The number of fused-ring (bicyclic) bond motifs is 1. The quantitative estimate of drug-likeness (QED) is 0.847. The second-order valence-corrected chi connectivity index (χ2v) is 5.76. The van der Waals surface area contributed by atoms with Crippen LogP contribution in [-0.4, -0.2) is 39.0 Å². The van der Waals surface area contributed by atoms with E-state index in [1.165, 1.54) is 23.1 Å². The van der Waals surface area contributed by atoms with Gasteiger partial charge in [0.2, 0.25) is 5.95 Å². The SMILES string of the molecule is O=C(O)C1CC2CCCCC2N1C(=O)c1cccc(F)n1. The Hall–Kier alpha value is -1.98. The molecule has 2 heterocycles. The number of carbonyl (C=O) groups excluding carboxylic acids is 1. The predicted octanol–water partition coefficient (Wildman–Crippen LogP) is 2.08. The molecule has 2 aliphatic rings. The molecule has 1 N–H and O–H groups in total. The fourth-order valence-corrected chi connectivity index (χ4v) is 3.63. The molecule has 1 saturated carbocycles. The summed E-state index contributed by atoms with van der Waals surface area (Å²) in [5.41, 5.74) is -0.0209. The highest BCUT2D eigenvalue weighted by Crippen LogP contribution is 2.40. The summed E-state index contributed by atoms with van der Waals surface area (Å²) < 4.78 is 13.2. The molecular formula is C15H17FN2O3. The largest absolute Gasteiger partial charge is 0.480 e. The summed E-state index contributed by atoms with van der Waals surface area (Å²) in [6, 6.07) is 3.13. The van der Waals surface area contributed by atoms with Gasteiger partial charge in [0.1, 0.15) is 11.7 Å². The summed E-state index contributed by atoms with van der Waals surface area (Å²) in [6.45, 7) is 0. The molecule has 1 aromatic rings. The van der Waals surface area contributed by atoms with Crippen molar-refractivity contribution in [1.82, 2.24) is 9.88 Å². The van der Waals surface area contributed by atoms with E-state index in [9.17, 15) is 19.1 Å². The van der Waals surface area contributed by atoms with Crippen LogP contribution in [0.15, 0.2) is 18.2 Å². The van der Waals surface area contributed by atoms with Crippen molar-refractivity contribution in [1.29, 1.82) is 0 Å². The molecule has 21 heavy (non-hydrogen) atoms. The lowest BCUT2D eigenvalue weighted by Gasteiger charge is -2.32. The van der Waals surface area contributed by atoms with Crippen molar-refractivity contribution in [3.63, 3.8) is 0 Å². The third-order valence-corrected chi connectivity index (χ3v) is 4.54. The zero-order valence-corrected chi connectivity index (χ0v) is 11.5. The van der Waals surface area contributed by atoms with Gasteiger partial charge in [0.25, 0.3) is 5.91 Å². The van der Waals surface area contributed by atoms with Gasteiger partial charge in [-0.1, -0.05) is 18.9 Å². The average Bonchev–Trinajstić information content (AvgIpc) is 2.86. The third kappa shape index (κ3) is 2.50. The van der Waals surface area contributed by atoms with Crippen molar-refractivity contribution in [2.45, 2.75) is 44.2 Å². The van der Waals surface area contributed by atoms with Gasteiger partial charge in [-0.25, -0.2) is 9.78 Å². The fraction of sp³-hybridized carbons (Fsp3) is 0.533. The molecule has 6 heteroatoms. The second kappa shape index (κ2) is 5.42. The predicted molar refractivity (Wildman–Crippen MR) is 72.2 cm³/mol. The number of carbonyl (C=O) groups is 2. The number of hydrogen-bond acceptors (Lipinski definition) is 3. The molecule has 0 bridgehead atoms. The number of pyridine rings is 1. The van der Waals surface area contributed by atoms with Gasteiger partial charge < -0.3 is 10.0 Å². The Morgan fingerprint density at radius 1 is 1.29 bits per heavy atom. The lowest BCUT2D eigenvalue weighted by Crippen LogP contribution is -2.46. The highest BCUT2D eigenvalue weighted by Gasteiger charge is 2.47. The summed E-state index contributed by atoms with van der Waals surface area (Å²) in [6.07, 6.45) is 4.33. The summed E-state index contributed by atoms with van der Waals surface area (Å²) in [4.78, 5) is 29.1. The topological polar surface area (TPSA) is 70.5 Å². The van der Waals surface area contributed by atoms with Gasteiger partial charge in [-0.3, -0.25) is 4.79 Å². The Balaban J connectivity index is 1.92. The van der Waals surface area contributed by atoms with Gasteiger partial charge in [-0.05, 0) is 37.3 Å². The van der Waals surface area contributed by atoms with Crippen LogP contribution in [0.25, 0.3) is 0 Å². The first-order chi connectivity index (χ1) is 10.1. The molecule has 1 aromatic heterocycles. The van der Waals surface area contributed by atoms with Crippen LogP contribution in [0.1, 0.15) is 42.6 Å². The number of aromatic nitrogens is 1. The Bertz CT molecular complexity index is 578. The van der Waals surface area contributed by atoms with Crippen molar-refractivity contribution in [3.8, 4) is 0 Å². The lowest BCUT2D eigenvalue weighted by atomic mass is 9.84. The Labute approximate surface area is 121 Å². The zero-order chi connectivity index (χ0) is 15.0. The van der Waals surface area contributed by atoms with Gasteiger partial charge >= 0.3 is 5.97 Å². The van der Waals surface area contributed by atoms with Crippen LogP contribution in [0.2, 0.25) is 0 Å². The number of likely N-dealkylation sites (tertiary alicyclic amines) is 1. The maximum absolute atomic E-state index is 13.2. The van der Waals surface area contributed by atoms with Gasteiger partial charge in [-0.2, -0.15) is 4.39 Å². The van der Waals surface area contributed by atoms with Crippen LogP contribution < -0.4 is 0 Å². The monoisotopic (exact) mass is 292 g/mol. The molecule has 1 aliphatic carbocycles. The van der Waals surface area contributed by atoms with Crippen molar-refractivity contribution >= 4 is 11.9 Å². The molecule has 3 atom stereocenters. The number of carboxylic acids is 1. The molecular weight excluding hydrogens is 275 g/mol. The van der Waals surface area contributed by atoms with Crippen molar-refractivity contribution < 1.29 is 19.1 Å². The number of aliphatic carboxylic acids is 1. The fourth-order valence-electron chi connectivity index (χ4n) is 3.63. The summed E-state index contributed by atoms with van der Waals surface area (Å²) in [5, 5.41) is 9.39. The molecule has 3 unspecified atom stereocenters. The molecule has 1 saturated heterocycles. The first-order valence-corrected chi connectivity index (χ1v) is 7.26. The molecule has 0 spiro atoms. The lowest BCUT2D eigenvalue weighted by molar-refractivity contribution is -0.141. The molecule has 5 nitrogen and oxygen atoms in total. The Morgan fingerprint density at radius 2 is 2.05 bits per heavy atom. The minimum atomic E-state index is -0.992. The summed E-state index contributed by atoms with van der Waals surface area (Å²) in [7, 11) is 0. The van der Waals surface area contributed by atoms with Crippen molar-refractivity contribution in [3.05, 3.63) is 29.8 Å². The smallest absolute Gasteiger partial charge is 0.326 e. The van der Waals surface area contributed by atoms with E-state index in [2.05, 4.69) is 4.98 Å². The molecule has 1 amide bonds. The zero-order valence-electron chi connectivity index (χ0n) is 11.5. The number of nitrogens with zero attached hydrogens (tertiary/aromatic N) is 2. The first-order valence-electron chi connectivity index (χ1n) is 7.26. The van der Waals surface area contributed by atoms with Gasteiger partial charge in [-0.15, -0.1) is 0 Å². The van der Waals surface area contributed by atoms with Crippen LogP contribution in [0.3, 0.4) is 0 Å². The molecule has 0 radical (unpaired) electrons. The molecule has 112 valence electrons. The second-order valence-electron chi connectivity index (χ2n) is 5.76. The minimum Gasteiger partial charge on any atom is -0.480 e. The van der Waals surface area contributed by atoms with Crippen LogP contribution in [0.5, 0.6) is 0 Å². The maximum Gasteiger partial charge on any atom is 0.326 e. The highest BCUT2D eigenvalue weighted by atomic mass is 19.1. The number of rotatable bonds is 2. The summed E-state index contributed by atoms with van der Waals surface area (Å²) in [5.74, 6) is -1.96. The van der Waals surface area contributed by atoms with E-state index in [0.717, 1.165) is 25.7 Å². The molecule has 0 aromatic carbocycles. The van der Waals surface area contributed by atoms with E-state index in [-0.39, 0.29) is 17.7 Å². The van der Waals surface area contributed by atoms with Gasteiger partial charge in [0.05, 0.1) is 0 Å². The Kier molecular flexibility index (Phi) is 3.61. The molecule has 2 fully saturated rings. The van der Waals surface area contributed by atoms with E-state index in [1.807, 2.05) is 0 Å². The molecule has 3 rings (SSSR count). The minimum absolute atomic E-state index is 0.0209. The normalized spacial score (nSPS) is 28.2. The first kappa shape index (κ1) is 14.0. The van der Waals surface area contributed by atoms with E-state index >= 15 is 0 Å². The van der Waals surface area contributed by atoms with Crippen LogP contribution in [0.4, 0.5) is 4.39 Å². The van der Waals surface area contributed by atoms with E-state index in [4.69, 9.17) is 0 Å². The van der Waals surface area contributed by atoms with E-state index in [0.29, 0.717) is 6.42 Å². The maximum atomic E-state index is 13.2.